The molecule has 2 aromatic rings. The summed E-state index contributed by atoms with van der Waals surface area (Å²) < 4.78 is 0. The molecule has 0 atom stereocenters. The largest absolute Gasteiger partial charge is 0.337 e. The average molecular weight is 414 g/mol. The van der Waals surface area contributed by atoms with Crippen LogP contribution in [0.3, 0.4) is 0 Å². The second-order valence-electron chi connectivity index (χ2n) is 7.35. The van der Waals surface area contributed by atoms with Crippen LogP contribution < -0.4 is 0 Å². The van der Waals surface area contributed by atoms with Gasteiger partial charge in [0.1, 0.15) is 6.54 Å². The summed E-state index contributed by atoms with van der Waals surface area (Å²) in [6.07, 6.45) is 1.60. The van der Waals surface area contributed by atoms with Crippen molar-refractivity contribution in [1.82, 2.24) is 14.7 Å². The van der Waals surface area contributed by atoms with Gasteiger partial charge in [0.15, 0.2) is 0 Å². The third kappa shape index (κ3) is 5.67. The van der Waals surface area contributed by atoms with E-state index in [1.165, 1.54) is 20.2 Å². The second-order valence-corrected chi connectivity index (χ2v) is 8.72. The lowest BCUT2D eigenvalue weighted by Gasteiger charge is -2.23. The number of imide groups is 1. The summed E-state index contributed by atoms with van der Waals surface area (Å²) >= 11 is 1.70. The third-order valence-electron chi connectivity index (χ3n) is 5.01. The van der Waals surface area contributed by atoms with Gasteiger partial charge in [-0.25, -0.2) is 4.79 Å². The van der Waals surface area contributed by atoms with Crippen molar-refractivity contribution in [3.05, 3.63) is 57.8 Å². The van der Waals surface area contributed by atoms with Crippen LogP contribution in [0.5, 0.6) is 0 Å². The summed E-state index contributed by atoms with van der Waals surface area (Å²) in [7, 11) is 1.61. The standard InChI is InChI=1S/C22H27N3O3S/c1-17-10-11-19(29-17)15-24(14-12-18-7-4-3-5-8-18)20(26)9-6-13-25-21(27)16-23(2)22(25)28/h3-5,7-8,10-11H,6,9,12-16H2,1-2H3. The molecule has 0 spiro atoms. The minimum Gasteiger partial charge on any atom is -0.337 e. The molecular formula is C22H27N3O3S. The number of amides is 4. The first-order valence-electron chi connectivity index (χ1n) is 9.86. The van der Waals surface area contributed by atoms with E-state index >= 15 is 0 Å². The number of thiophene rings is 1. The highest BCUT2D eigenvalue weighted by atomic mass is 32.1. The number of hydrogen-bond acceptors (Lipinski definition) is 4. The first kappa shape index (κ1) is 21.0. The van der Waals surface area contributed by atoms with Gasteiger partial charge >= 0.3 is 6.03 Å². The molecule has 0 radical (unpaired) electrons. The van der Waals surface area contributed by atoms with Crippen molar-refractivity contribution in [2.45, 2.75) is 32.7 Å². The molecule has 0 aliphatic carbocycles. The minimum atomic E-state index is -0.280. The topological polar surface area (TPSA) is 60.9 Å². The van der Waals surface area contributed by atoms with Crippen LogP contribution in [0.15, 0.2) is 42.5 Å². The maximum atomic E-state index is 12.9. The first-order valence-corrected chi connectivity index (χ1v) is 10.7. The van der Waals surface area contributed by atoms with Crippen molar-refractivity contribution < 1.29 is 14.4 Å². The Morgan fingerprint density at radius 3 is 2.52 bits per heavy atom. The van der Waals surface area contributed by atoms with Gasteiger partial charge in [-0.15, -0.1) is 11.3 Å². The molecule has 0 bridgehead atoms. The quantitative estimate of drug-likeness (QED) is 0.593. The Bertz CT molecular complexity index is 865. The van der Waals surface area contributed by atoms with Crippen molar-refractivity contribution in [2.75, 3.05) is 26.7 Å². The van der Waals surface area contributed by atoms with E-state index < -0.39 is 0 Å². The number of carbonyl (C=O) groups is 3. The number of hydrogen-bond donors (Lipinski definition) is 0. The van der Waals surface area contributed by atoms with Gasteiger partial charge in [-0.05, 0) is 37.5 Å². The molecule has 154 valence electrons. The lowest BCUT2D eigenvalue weighted by molar-refractivity contribution is -0.132. The van der Waals surface area contributed by atoms with Gasteiger partial charge in [0.2, 0.25) is 11.8 Å². The fourth-order valence-electron chi connectivity index (χ4n) is 3.39. The lowest BCUT2D eigenvalue weighted by Crippen LogP contribution is -2.35. The Morgan fingerprint density at radius 2 is 1.90 bits per heavy atom. The Hall–Kier alpha value is -2.67. The second kappa shape index (κ2) is 9.69. The van der Waals surface area contributed by atoms with E-state index in [1.54, 1.807) is 18.4 Å². The summed E-state index contributed by atoms with van der Waals surface area (Å²) in [5, 5.41) is 0. The maximum absolute atomic E-state index is 12.9. The molecule has 2 heterocycles. The van der Waals surface area contributed by atoms with Crippen LogP contribution in [0.2, 0.25) is 0 Å². The van der Waals surface area contributed by atoms with E-state index in [2.05, 4.69) is 31.2 Å². The van der Waals surface area contributed by atoms with E-state index in [4.69, 9.17) is 0 Å². The highest BCUT2D eigenvalue weighted by molar-refractivity contribution is 7.11. The van der Waals surface area contributed by atoms with Crippen LogP contribution in [0.1, 0.15) is 28.2 Å². The molecule has 7 heteroatoms. The number of aryl methyl sites for hydroxylation is 1. The van der Waals surface area contributed by atoms with Crippen molar-refractivity contribution in [1.29, 1.82) is 0 Å². The van der Waals surface area contributed by atoms with Crippen molar-refractivity contribution in [3.8, 4) is 0 Å². The number of nitrogens with zero attached hydrogens (tertiary/aromatic N) is 3. The van der Waals surface area contributed by atoms with E-state index in [9.17, 15) is 14.4 Å². The van der Waals surface area contributed by atoms with Gasteiger partial charge in [-0.2, -0.15) is 0 Å². The highest BCUT2D eigenvalue weighted by Gasteiger charge is 2.33. The van der Waals surface area contributed by atoms with Crippen molar-refractivity contribution >= 4 is 29.2 Å². The average Bonchev–Trinajstić information content (AvgIpc) is 3.22. The Kier molecular flexibility index (Phi) is 7.04. The number of rotatable bonds is 9. The minimum absolute atomic E-state index is 0.0550. The molecule has 1 saturated heterocycles. The summed E-state index contributed by atoms with van der Waals surface area (Å²) in [4.78, 5) is 43.7. The normalized spacial score (nSPS) is 14.0. The zero-order valence-electron chi connectivity index (χ0n) is 17.0. The van der Waals surface area contributed by atoms with Crippen LogP contribution in [0, 0.1) is 6.92 Å². The van der Waals surface area contributed by atoms with Crippen molar-refractivity contribution in [3.63, 3.8) is 0 Å². The molecule has 1 aromatic carbocycles. The fraction of sp³-hybridized carbons (Fsp3) is 0.409. The van der Waals surface area contributed by atoms with Gasteiger partial charge in [0.25, 0.3) is 0 Å². The lowest BCUT2D eigenvalue weighted by atomic mass is 10.1. The van der Waals surface area contributed by atoms with Crippen LogP contribution in [-0.4, -0.2) is 59.2 Å². The molecule has 6 nitrogen and oxygen atoms in total. The zero-order chi connectivity index (χ0) is 20.8. The van der Waals surface area contributed by atoms with Crippen LogP contribution in [0.4, 0.5) is 4.79 Å². The predicted molar refractivity (Wildman–Crippen MR) is 114 cm³/mol. The number of urea groups is 1. The van der Waals surface area contributed by atoms with Gasteiger partial charge in [-0.3, -0.25) is 14.5 Å². The highest BCUT2D eigenvalue weighted by Crippen LogP contribution is 2.18. The molecular weight excluding hydrogens is 386 g/mol. The smallest absolute Gasteiger partial charge is 0.326 e. The monoisotopic (exact) mass is 413 g/mol. The summed E-state index contributed by atoms with van der Waals surface area (Å²) in [6.45, 7) is 3.70. The van der Waals surface area contributed by atoms with E-state index in [0.29, 0.717) is 32.5 Å². The Labute approximate surface area is 175 Å². The zero-order valence-corrected chi connectivity index (χ0v) is 17.8. The number of benzene rings is 1. The molecule has 4 amide bonds. The Balaban J connectivity index is 1.57. The van der Waals surface area contributed by atoms with E-state index in [1.807, 2.05) is 23.1 Å². The molecule has 3 rings (SSSR count). The molecule has 0 saturated carbocycles. The molecule has 1 fully saturated rings. The van der Waals surface area contributed by atoms with Crippen LogP contribution in [-0.2, 0) is 22.6 Å². The summed E-state index contributed by atoms with van der Waals surface area (Å²) in [6, 6.07) is 14.0. The van der Waals surface area contributed by atoms with E-state index in [-0.39, 0.29) is 24.4 Å². The Morgan fingerprint density at radius 1 is 1.14 bits per heavy atom. The molecule has 0 N–H and O–H groups in total. The molecule has 1 aliphatic heterocycles. The maximum Gasteiger partial charge on any atom is 0.326 e. The predicted octanol–water partition coefficient (Wildman–Crippen LogP) is 3.30. The van der Waals surface area contributed by atoms with Gasteiger partial charge < -0.3 is 9.80 Å². The fourth-order valence-corrected chi connectivity index (χ4v) is 4.30. The first-order chi connectivity index (χ1) is 13.9. The van der Waals surface area contributed by atoms with Gasteiger partial charge in [0, 0.05) is 36.3 Å². The summed E-state index contributed by atoms with van der Waals surface area (Å²) in [5.74, 6) is -0.139. The van der Waals surface area contributed by atoms with Crippen molar-refractivity contribution in [2.24, 2.45) is 0 Å². The number of likely N-dealkylation sites (N-methyl/N-ethyl adjacent to an activating group) is 1. The van der Waals surface area contributed by atoms with Gasteiger partial charge in [0.05, 0.1) is 6.54 Å². The summed E-state index contributed by atoms with van der Waals surface area (Å²) in [5.41, 5.74) is 1.20. The van der Waals surface area contributed by atoms with Gasteiger partial charge in [-0.1, -0.05) is 30.3 Å². The number of carbonyl (C=O) groups excluding carboxylic acids is 3. The molecule has 0 unspecified atom stereocenters. The SMILES string of the molecule is Cc1ccc(CN(CCc2ccccc2)C(=O)CCCN2C(=O)CN(C)C2=O)s1. The molecule has 1 aromatic heterocycles. The van der Waals surface area contributed by atoms with Crippen LogP contribution >= 0.6 is 11.3 Å². The third-order valence-corrected chi connectivity index (χ3v) is 6.00. The molecule has 29 heavy (non-hydrogen) atoms. The molecule has 1 aliphatic rings. The van der Waals surface area contributed by atoms with Crippen LogP contribution in [0.25, 0.3) is 0 Å². The van der Waals surface area contributed by atoms with E-state index in [0.717, 1.165) is 11.3 Å².